The number of hydrogen-bond acceptors (Lipinski definition) is 26. The molecule has 42 heteroatoms. The molecule has 564 valence electrons. The number of Topliss-reactive ketones (excluding diaryl/α,β-unsaturated/α-hetero) is 2. The van der Waals surface area contributed by atoms with Gasteiger partial charge < -0.3 is 70.6 Å². The number of benzene rings is 3. The highest BCUT2D eigenvalue weighted by atomic mass is 33.1. The molecule has 35 nitrogen and oxygen atoms in total. The Morgan fingerprint density at radius 2 is 1.53 bits per heavy atom. The molecule has 1 saturated heterocycles. The van der Waals surface area contributed by atoms with Crippen LogP contribution >= 0.6 is 45.1 Å². The zero-order valence-electron chi connectivity index (χ0n) is 56.4. The molecule has 9 rings (SSSR count). The summed E-state index contributed by atoms with van der Waals surface area (Å²) in [7, 11) is -24.8. The number of ketones is 2. The molecule has 14 N–H and O–H groups in total. The quantitative estimate of drug-likeness (QED) is 0.00835. The minimum Gasteiger partial charge on any atom is -0.481 e. The highest BCUT2D eigenvalue weighted by Gasteiger charge is 2.47. The number of hydrogen-bond donors (Lipinski definition) is 13. The van der Waals surface area contributed by atoms with Crippen LogP contribution < -0.4 is 37.0 Å². The number of amides is 2. The van der Waals surface area contributed by atoms with Gasteiger partial charge in [-0.05, 0) is 74.1 Å². The predicted molar refractivity (Wildman–Crippen MR) is 373 cm³/mol. The minimum atomic E-state index is -5.82. The fourth-order valence-corrected chi connectivity index (χ4v) is 19.0. The minimum absolute atomic E-state index is 0.000419. The van der Waals surface area contributed by atoms with E-state index in [1.807, 2.05) is 27.7 Å². The van der Waals surface area contributed by atoms with Crippen molar-refractivity contribution in [2.24, 2.45) is 10.9 Å². The second-order valence-corrected chi connectivity index (χ2v) is 35.8. The van der Waals surface area contributed by atoms with E-state index in [9.17, 15) is 93.5 Å². The summed E-state index contributed by atoms with van der Waals surface area (Å²) in [5.74, 6) is -1.34. The average Bonchev–Trinajstić information content (AvgIpc) is 1.34. The molecule has 3 aromatic carbocycles. The van der Waals surface area contributed by atoms with Crippen molar-refractivity contribution >= 4 is 129 Å². The molecule has 0 aliphatic carbocycles. The van der Waals surface area contributed by atoms with Crippen molar-refractivity contribution in [1.29, 1.82) is 0 Å². The van der Waals surface area contributed by atoms with Gasteiger partial charge in [-0.25, -0.2) is 23.7 Å². The molecule has 1 fully saturated rings. The number of aliphatic hydroxyl groups is 1. The van der Waals surface area contributed by atoms with Crippen LogP contribution in [0, 0.1) is 17.8 Å². The Hall–Kier alpha value is -7.02. The number of phosphoric acid groups is 3. The summed E-state index contributed by atoms with van der Waals surface area (Å²) in [5, 5.41) is 38.7. The fourth-order valence-electron chi connectivity index (χ4n) is 12.2. The van der Waals surface area contributed by atoms with E-state index in [0.717, 1.165) is 6.33 Å². The van der Waals surface area contributed by atoms with E-state index in [4.69, 9.17) is 25.0 Å². The van der Waals surface area contributed by atoms with Crippen molar-refractivity contribution in [2.75, 3.05) is 29.2 Å². The lowest BCUT2D eigenvalue weighted by Crippen LogP contribution is -2.52. The molecule has 104 heavy (non-hydrogen) atoms. The number of nitrogen functional groups attached to an aromatic ring is 1. The first kappa shape index (κ1) is 81.1. The monoisotopic (exact) mass is 1580 g/mol. The molecule has 6 heterocycles. The second kappa shape index (κ2) is 31.4. The van der Waals surface area contributed by atoms with Crippen molar-refractivity contribution < 1.29 is 126 Å². The Bertz CT molecular complexity index is 4910. The highest BCUT2D eigenvalue weighted by molar-refractivity contribution is 8.76. The molecular weight excluding hydrogens is 1510 g/mol. The summed E-state index contributed by atoms with van der Waals surface area (Å²) in [6.45, 7) is 11.5. The lowest BCUT2D eigenvalue weighted by atomic mass is 9.78. The molecular formula is C62H75N8O27P3S4. The van der Waals surface area contributed by atoms with E-state index >= 15 is 0 Å². The number of fused-ring (bicyclic) bond motifs is 5. The van der Waals surface area contributed by atoms with Gasteiger partial charge in [0, 0.05) is 88.6 Å². The summed E-state index contributed by atoms with van der Waals surface area (Å²) < 4.78 is 137. The summed E-state index contributed by atoms with van der Waals surface area (Å²) in [5.41, 5.74) is 6.36. The van der Waals surface area contributed by atoms with Crippen LogP contribution in [0.15, 0.2) is 63.7 Å². The van der Waals surface area contributed by atoms with E-state index in [0.29, 0.717) is 28.2 Å². The Balaban J connectivity index is 0.886. The molecule has 4 aliphatic heterocycles. The highest BCUT2D eigenvalue weighted by Crippen LogP contribution is 2.66. The van der Waals surface area contributed by atoms with Gasteiger partial charge in [-0.2, -0.15) is 25.5 Å². The van der Waals surface area contributed by atoms with Crippen LogP contribution in [0.5, 0.6) is 11.5 Å². The van der Waals surface area contributed by atoms with Crippen LogP contribution in [0.3, 0.4) is 0 Å². The van der Waals surface area contributed by atoms with Crippen LogP contribution in [0.25, 0.3) is 16.6 Å². The van der Waals surface area contributed by atoms with Crippen LogP contribution in [0.1, 0.15) is 151 Å². The number of anilines is 2. The zero-order chi connectivity index (χ0) is 76.7. The fraction of sp³-hybridized carbons (Fsp3) is 0.468. The lowest BCUT2D eigenvalue weighted by molar-refractivity contribution is -0.144. The Kier molecular flexibility index (Phi) is 24.5. The maximum absolute atomic E-state index is 14.4. The number of phosphoric ester groups is 1. The van der Waals surface area contributed by atoms with Crippen LogP contribution in [-0.4, -0.2) is 165 Å². The summed E-state index contributed by atoms with van der Waals surface area (Å²) in [6.07, 6.45) is -2.54. The van der Waals surface area contributed by atoms with Crippen molar-refractivity contribution in [1.82, 2.24) is 25.2 Å². The normalized spacial score (nSPS) is 20.6. The van der Waals surface area contributed by atoms with E-state index in [1.165, 1.54) is 63.5 Å². The largest absolute Gasteiger partial charge is 0.490 e. The number of carbonyl (C=O) groups excluding carboxylic acids is 4. The van der Waals surface area contributed by atoms with Gasteiger partial charge in [-0.3, -0.25) is 47.4 Å². The first-order chi connectivity index (χ1) is 48.3. The van der Waals surface area contributed by atoms with Crippen molar-refractivity contribution in [3.63, 3.8) is 0 Å². The molecule has 10 atom stereocenters. The zero-order valence-corrected chi connectivity index (χ0v) is 62.4. The number of carboxylic acid groups (broad SMARTS) is 2. The van der Waals surface area contributed by atoms with Crippen molar-refractivity contribution in [3.05, 3.63) is 92.9 Å². The number of nitrogens with zero attached hydrogens (tertiary/aromatic N) is 4. The number of carboxylic acids is 2. The predicted octanol–water partition coefficient (Wildman–Crippen LogP) is 5.32. The lowest BCUT2D eigenvalue weighted by Gasteiger charge is -2.29. The van der Waals surface area contributed by atoms with E-state index in [2.05, 4.69) is 55.9 Å². The molecule has 2 amide bonds. The molecule has 8 unspecified atom stereocenters. The molecule has 0 bridgehead atoms. The van der Waals surface area contributed by atoms with Gasteiger partial charge in [0.2, 0.25) is 5.91 Å². The third kappa shape index (κ3) is 18.3. The van der Waals surface area contributed by atoms with Gasteiger partial charge >= 0.3 is 35.4 Å². The van der Waals surface area contributed by atoms with E-state index < -0.39 is 173 Å². The molecule has 4 aliphatic rings. The maximum Gasteiger partial charge on any atom is 0.490 e. The number of ether oxygens (including phenoxy) is 2. The van der Waals surface area contributed by atoms with Crippen LogP contribution in [0.4, 0.5) is 11.5 Å². The van der Waals surface area contributed by atoms with Crippen molar-refractivity contribution in [2.45, 2.75) is 169 Å². The Morgan fingerprint density at radius 1 is 0.856 bits per heavy atom. The standard InChI is InChI=1S/C62H75N8O27P3S4/c1-8-32(60(78)79)22-43(72)42(25-47(74)75)69-59(77)41(14-11-20-101-102-21-19-36(71)13-10-9-12-35-27-70(57-49(35)56(63)64-29-65-57)46-26-44(73)45(94-46)28-93-99(83,84)97-100(85,86)96-98(80,81)82)68-58(76)34-17-15-33(16-18-34)48-37-23-39-50(66-30(2)61(39,4)5)54(103(87,88)89)52(37)95-53-38(48)24-40-51(55(53)104(90,91)92)67-31(3)62(40,6)7/h15-18,23-24,27,29-32,41-42,44-46,66,73H,8,10-11,13-14,19-22,25-26,28H2,1-7H3,(H,68,76)(H,69,77)(H,74,75)(H,78,79)(H,83,84)(H,85,86)(H2,63,64,65)(H2,80,81,82)(H,87,88,89)(H,90,91,92)/t30?,31?,32?,41?,42?,44?,45-,46-/m1/s1. The SMILES string of the molecule is CCC(CC(=O)C(CC(=O)O)NC(=O)C(CCCSSCCC(=O)CCC#Cc1cn([C@H]2CC(O)[C@@H](COP(=O)(O)OP(=O)(O)OP(=O)(O)O)O2)c2ncnc(N)c12)NC(=O)c1ccc(C2=c3cc4c(c(S(=O)(=O)O)c3Oc3c2cc2c(c3S(=O)(=O)O)NC(C)C2(C)C)=NC(C)C4(C)C)cc1)C(=O)O. The van der Waals surface area contributed by atoms with Gasteiger partial charge in [0.15, 0.2) is 27.1 Å². The molecule has 2 aromatic heterocycles. The topological polar surface area (TPSA) is 555 Å². The van der Waals surface area contributed by atoms with Gasteiger partial charge in [-0.15, -0.1) is 0 Å². The van der Waals surface area contributed by atoms with Crippen LogP contribution in [0.2, 0.25) is 0 Å². The van der Waals surface area contributed by atoms with E-state index in [-0.39, 0.29) is 106 Å². The third-order valence-corrected chi connectivity index (χ3v) is 26.4. The van der Waals surface area contributed by atoms with E-state index in [1.54, 1.807) is 26.0 Å². The van der Waals surface area contributed by atoms with Gasteiger partial charge in [0.25, 0.3) is 26.1 Å². The number of aliphatic hydroxyl groups excluding tert-OH is 1. The number of aliphatic carboxylic acids is 2. The summed E-state index contributed by atoms with van der Waals surface area (Å²) >= 11 is 0. The number of aromatic nitrogens is 3. The maximum atomic E-state index is 14.4. The Labute approximate surface area is 602 Å². The van der Waals surface area contributed by atoms with Crippen LogP contribution in [-0.2, 0) is 86.6 Å². The summed E-state index contributed by atoms with van der Waals surface area (Å²) in [4.78, 5) is 128. The summed E-state index contributed by atoms with van der Waals surface area (Å²) in [6, 6.07) is 4.83. The number of carbonyl (C=O) groups is 6. The molecule has 0 spiro atoms. The third-order valence-electron chi connectivity index (χ3n) is 18.3. The average molecular weight is 1590 g/mol. The number of nitrogens with one attached hydrogen (secondary N) is 3. The van der Waals surface area contributed by atoms with Crippen molar-refractivity contribution in [3.8, 4) is 23.3 Å². The second-order valence-electron chi connectivity index (χ2n) is 26.0. The van der Waals surface area contributed by atoms with Gasteiger partial charge in [-0.1, -0.05) is 80.2 Å². The first-order valence-corrected chi connectivity index (χ1v) is 41.8. The smallest absolute Gasteiger partial charge is 0.481 e. The first-order valence-electron chi connectivity index (χ1n) is 31.9. The van der Waals surface area contributed by atoms with Gasteiger partial charge in [0.1, 0.15) is 41.9 Å². The van der Waals surface area contributed by atoms with Gasteiger partial charge in [0.05, 0.1) is 59.1 Å². The molecule has 5 aromatic rings. The molecule has 0 radical (unpaired) electrons. The Morgan fingerprint density at radius 3 is 2.16 bits per heavy atom. The number of rotatable bonds is 32. The number of nitrogens with two attached hydrogens (primary N) is 1. The molecule has 0 saturated carbocycles.